The SMILES string of the molecule is CCC(C)(C)NC(=O)[C@H](c1cccc(OC)c1)N(Cc1ccccc1)C(=O)Cn1nnc2ccccc21. The van der Waals surface area contributed by atoms with E-state index in [0.29, 0.717) is 16.8 Å². The Hall–Kier alpha value is -4.20. The molecule has 0 spiro atoms. The van der Waals surface area contributed by atoms with Crippen LogP contribution in [0.25, 0.3) is 11.0 Å². The van der Waals surface area contributed by atoms with E-state index in [1.54, 1.807) is 22.8 Å². The number of rotatable bonds is 10. The molecule has 1 heterocycles. The molecule has 1 aromatic heterocycles. The van der Waals surface area contributed by atoms with Crippen molar-refractivity contribution < 1.29 is 14.3 Å². The van der Waals surface area contributed by atoms with Gasteiger partial charge in [-0.2, -0.15) is 0 Å². The molecule has 0 fully saturated rings. The third-order valence-corrected chi connectivity index (χ3v) is 6.54. The number of benzene rings is 3. The average Bonchev–Trinajstić information content (AvgIpc) is 3.31. The predicted octanol–water partition coefficient (Wildman–Crippen LogP) is 4.51. The third kappa shape index (κ3) is 6.14. The summed E-state index contributed by atoms with van der Waals surface area (Å²) in [6, 6.07) is 23.6. The lowest BCUT2D eigenvalue weighted by molar-refractivity contribution is -0.143. The molecule has 1 atom stereocenters. The van der Waals surface area contributed by atoms with Crippen LogP contribution in [0.1, 0.15) is 44.4 Å². The van der Waals surface area contributed by atoms with Crippen molar-refractivity contribution in [2.24, 2.45) is 0 Å². The maximum atomic E-state index is 14.0. The first-order chi connectivity index (χ1) is 17.8. The number of nitrogens with zero attached hydrogens (tertiary/aromatic N) is 4. The highest BCUT2D eigenvalue weighted by molar-refractivity contribution is 5.89. The minimum Gasteiger partial charge on any atom is -0.497 e. The first-order valence-corrected chi connectivity index (χ1v) is 12.4. The molecule has 1 N–H and O–H groups in total. The molecule has 4 aromatic rings. The third-order valence-electron chi connectivity index (χ3n) is 6.54. The van der Waals surface area contributed by atoms with Crippen molar-refractivity contribution >= 4 is 22.8 Å². The average molecular weight is 500 g/mol. The van der Waals surface area contributed by atoms with E-state index in [0.717, 1.165) is 17.5 Å². The topological polar surface area (TPSA) is 89.4 Å². The fourth-order valence-electron chi connectivity index (χ4n) is 4.13. The molecule has 2 amide bonds. The molecular weight excluding hydrogens is 466 g/mol. The Morgan fingerprint density at radius 2 is 1.76 bits per heavy atom. The second-order valence-corrected chi connectivity index (χ2v) is 9.65. The zero-order valence-electron chi connectivity index (χ0n) is 21.7. The summed E-state index contributed by atoms with van der Waals surface area (Å²) in [5.41, 5.74) is 2.59. The van der Waals surface area contributed by atoms with Crippen LogP contribution < -0.4 is 10.1 Å². The van der Waals surface area contributed by atoms with Crippen LogP contribution in [0.15, 0.2) is 78.9 Å². The first kappa shape index (κ1) is 25.9. The number of hydrogen-bond donors (Lipinski definition) is 1. The van der Waals surface area contributed by atoms with E-state index in [-0.39, 0.29) is 24.9 Å². The van der Waals surface area contributed by atoms with Crippen LogP contribution in [-0.2, 0) is 22.7 Å². The second-order valence-electron chi connectivity index (χ2n) is 9.65. The summed E-state index contributed by atoms with van der Waals surface area (Å²) < 4.78 is 7.02. The van der Waals surface area contributed by atoms with Crippen molar-refractivity contribution in [3.63, 3.8) is 0 Å². The predicted molar refractivity (Wildman–Crippen MR) is 143 cm³/mol. The normalized spacial score (nSPS) is 12.2. The molecule has 3 aromatic carbocycles. The molecule has 0 aliphatic rings. The number of methoxy groups -OCH3 is 1. The van der Waals surface area contributed by atoms with E-state index in [4.69, 9.17) is 4.74 Å². The van der Waals surface area contributed by atoms with Gasteiger partial charge in [-0.15, -0.1) is 5.10 Å². The standard InChI is InChI=1S/C29H33N5O3/c1-5-29(2,3)30-28(36)27(22-14-11-15-23(18-22)37-4)33(19-21-12-7-6-8-13-21)26(35)20-34-25-17-10-9-16-24(25)31-32-34/h6-18,27H,5,19-20H2,1-4H3,(H,30,36)/t27-/m0/s1. The summed E-state index contributed by atoms with van der Waals surface area (Å²) >= 11 is 0. The van der Waals surface area contributed by atoms with Gasteiger partial charge in [0, 0.05) is 12.1 Å². The van der Waals surface area contributed by atoms with E-state index in [1.807, 2.05) is 93.6 Å². The van der Waals surface area contributed by atoms with Crippen LogP contribution in [0.5, 0.6) is 5.75 Å². The Morgan fingerprint density at radius 1 is 1.03 bits per heavy atom. The summed E-state index contributed by atoms with van der Waals surface area (Å²) in [6.07, 6.45) is 0.737. The lowest BCUT2D eigenvalue weighted by Crippen LogP contribution is -2.50. The molecule has 0 saturated heterocycles. The minimum absolute atomic E-state index is 0.0573. The monoisotopic (exact) mass is 499 g/mol. The van der Waals surface area contributed by atoms with Crippen LogP contribution in [0.4, 0.5) is 0 Å². The van der Waals surface area contributed by atoms with Gasteiger partial charge in [-0.1, -0.05) is 66.7 Å². The van der Waals surface area contributed by atoms with Crippen LogP contribution in [0.3, 0.4) is 0 Å². The zero-order valence-corrected chi connectivity index (χ0v) is 21.7. The molecule has 4 rings (SSSR count). The van der Waals surface area contributed by atoms with Crippen molar-refractivity contribution in [3.8, 4) is 5.75 Å². The Kier molecular flexibility index (Phi) is 7.86. The molecule has 0 aliphatic carbocycles. The van der Waals surface area contributed by atoms with Gasteiger partial charge in [0.15, 0.2) is 0 Å². The van der Waals surface area contributed by atoms with Gasteiger partial charge in [0.1, 0.15) is 23.9 Å². The minimum atomic E-state index is -0.886. The lowest BCUT2D eigenvalue weighted by atomic mass is 9.98. The van der Waals surface area contributed by atoms with Gasteiger partial charge in [0.25, 0.3) is 0 Å². The van der Waals surface area contributed by atoms with E-state index in [2.05, 4.69) is 15.6 Å². The van der Waals surface area contributed by atoms with Gasteiger partial charge < -0.3 is 15.0 Å². The molecule has 37 heavy (non-hydrogen) atoms. The second kappa shape index (κ2) is 11.2. The fourth-order valence-corrected chi connectivity index (χ4v) is 4.13. The lowest BCUT2D eigenvalue weighted by Gasteiger charge is -2.34. The first-order valence-electron chi connectivity index (χ1n) is 12.4. The number of nitrogens with one attached hydrogen (secondary N) is 1. The molecular formula is C29H33N5O3. The molecule has 0 saturated carbocycles. The van der Waals surface area contributed by atoms with Gasteiger partial charge in [-0.25, -0.2) is 4.68 Å². The van der Waals surface area contributed by atoms with Crippen molar-refractivity contribution in [2.45, 2.75) is 51.9 Å². The van der Waals surface area contributed by atoms with Gasteiger partial charge in [0.2, 0.25) is 11.8 Å². The molecule has 8 nitrogen and oxygen atoms in total. The number of amides is 2. The number of ether oxygens (including phenoxy) is 1. The molecule has 0 radical (unpaired) electrons. The van der Waals surface area contributed by atoms with Crippen molar-refractivity contribution in [1.29, 1.82) is 0 Å². The summed E-state index contributed by atoms with van der Waals surface area (Å²) in [7, 11) is 1.58. The van der Waals surface area contributed by atoms with Crippen LogP contribution in [0, 0.1) is 0 Å². The van der Waals surface area contributed by atoms with Crippen LogP contribution in [0.2, 0.25) is 0 Å². The van der Waals surface area contributed by atoms with E-state index in [9.17, 15) is 9.59 Å². The maximum Gasteiger partial charge on any atom is 0.247 e. The smallest absolute Gasteiger partial charge is 0.247 e. The zero-order chi connectivity index (χ0) is 26.4. The van der Waals surface area contributed by atoms with E-state index < -0.39 is 11.6 Å². The Bertz CT molecular complexity index is 1370. The van der Waals surface area contributed by atoms with Gasteiger partial charge in [-0.3, -0.25) is 9.59 Å². The Morgan fingerprint density at radius 3 is 2.49 bits per heavy atom. The van der Waals surface area contributed by atoms with E-state index >= 15 is 0 Å². The molecule has 8 heteroatoms. The molecule has 0 unspecified atom stereocenters. The summed E-state index contributed by atoms with van der Waals surface area (Å²) in [4.78, 5) is 29.5. The van der Waals surface area contributed by atoms with Crippen molar-refractivity contribution in [2.75, 3.05) is 7.11 Å². The number of carbonyl (C=O) groups is 2. The van der Waals surface area contributed by atoms with Gasteiger partial charge >= 0.3 is 0 Å². The fraction of sp³-hybridized carbons (Fsp3) is 0.310. The largest absolute Gasteiger partial charge is 0.497 e. The van der Waals surface area contributed by atoms with Crippen LogP contribution >= 0.6 is 0 Å². The summed E-state index contributed by atoms with van der Waals surface area (Å²) in [5, 5.41) is 11.5. The van der Waals surface area contributed by atoms with Crippen molar-refractivity contribution in [1.82, 2.24) is 25.2 Å². The molecule has 0 aliphatic heterocycles. The number of carbonyl (C=O) groups excluding carboxylic acids is 2. The summed E-state index contributed by atoms with van der Waals surface area (Å²) in [6.45, 7) is 6.15. The van der Waals surface area contributed by atoms with Crippen molar-refractivity contribution in [3.05, 3.63) is 90.0 Å². The number of para-hydroxylation sites is 1. The van der Waals surface area contributed by atoms with Crippen LogP contribution in [-0.4, -0.2) is 44.4 Å². The number of aromatic nitrogens is 3. The maximum absolute atomic E-state index is 14.0. The van der Waals surface area contributed by atoms with E-state index in [1.165, 1.54) is 0 Å². The quantitative estimate of drug-likeness (QED) is 0.347. The Balaban J connectivity index is 1.77. The summed E-state index contributed by atoms with van der Waals surface area (Å²) in [5.74, 6) is 0.101. The van der Waals surface area contributed by atoms with Gasteiger partial charge in [-0.05, 0) is 55.7 Å². The highest BCUT2D eigenvalue weighted by Crippen LogP contribution is 2.28. The molecule has 0 bridgehead atoms. The highest BCUT2D eigenvalue weighted by Gasteiger charge is 2.34. The number of fused-ring (bicyclic) bond motifs is 1. The van der Waals surface area contributed by atoms with Gasteiger partial charge in [0.05, 0.1) is 12.6 Å². The Labute approximate surface area is 217 Å². The highest BCUT2D eigenvalue weighted by atomic mass is 16.5. The molecule has 192 valence electrons. The number of hydrogen-bond acceptors (Lipinski definition) is 5.